The number of anilines is 4. The second-order valence-corrected chi connectivity index (χ2v) is 12.7. The van der Waals surface area contributed by atoms with E-state index in [-0.39, 0.29) is 17.6 Å². The zero-order valence-corrected chi connectivity index (χ0v) is 22.8. The van der Waals surface area contributed by atoms with Crippen molar-refractivity contribution in [3.05, 3.63) is 42.0 Å². The number of rotatable bonds is 7. The molecule has 2 aliphatic carbocycles. The first kappa shape index (κ1) is 25.4. The Balaban J connectivity index is 1.28. The molecule has 1 aromatic heterocycles. The molecule has 38 heavy (non-hydrogen) atoms. The third-order valence-corrected chi connectivity index (χ3v) is 9.98. The normalized spacial score (nSPS) is 23.4. The fourth-order valence-corrected chi connectivity index (χ4v) is 6.92. The highest BCUT2D eigenvalue weighted by molar-refractivity contribution is 7.74. The lowest BCUT2D eigenvalue weighted by Gasteiger charge is -2.36. The second-order valence-electron chi connectivity index (χ2n) is 11.8. The topological polar surface area (TPSA) is 106 Å². The van der Waals surface area contributed by atoms with E-state index in [2.05, 4.69) is 15.2 Å². The van der Waals surface area contributed by atoms with Gasteiger partial charge in [-0.15, -0.1) is 0 Å². The van der Waals surface area contributed by atoms with Crippen molar-refractivity contribution in [1.82, 2.24) is 4.98 Å². The largest absolute Gasteiger partial charge is 0.391 e. The molecule has 2 saturated heterocycles. The molecule has 4 aliphatic rings. The Hall–Kier alpha value is -2.85. The Morgan fingerprint density at radius 3 is 2.47 bits per heavy atom. The zero-order valence-electron chi connectivity index (χ0n) is 21.9. The van der Waals surface area contributed by atoms with Gasteiger partial charge in [-0.2, -0.15) is 0 Å². The minimum absolute atomic E-state index is 0.266. The number of piperidine rings is 2. The van der Waals surface area contributed by atoms with E-state index in [0.29, 0.717) is 29.0 Å². The van der Waals surface area contributed by atoms with E-state index in [1.54, 1.807) is 18.2 Å². The SMILES string of the molecule is CC1(N(c2ccc(C(=O)Nc3cccc(N4CCC[C@@H](O)C4)n3)c(N3CCC4(CC3)CC4)c2)[SH](=O)=O)CC1. The molecular weight excluding hydrogens is 502 g/mol. The number of carbonyl (C=O) groups is 1. The van der Waals surface area contributed by atoms with Gasteiger partial charge in [-0.05, 0) is 94.0 Å². The van der Waals surface area contributed by atoms with E-state index < -0.39 is 10.9 Å². The van der Waals surface area contributed by atoms with Crippen LogP contribution < -0.4 is 19.4 Å². The lowest BCUT2D eigenvalue weighted by Crippen LogP contribution is -2.38. The molecule has 1 aromatic carbocycles. The monoisotopic (exact) mass is 539 g/mol. The van der Waals surface area contributed by atoms with Crippen molar-refractivity contribution < 1.29 is 18.3 Å². The van der Waals surface area contributed by atoms with Gasteiger partial charge in [0.1, 0.15) is 11.6 Å². The molecular formula is C28H37N5O4S. The maximum atomic E-state index is 13.6. The van der Waals surface area contributed by atoms with E-state index in [4.69, 9.17) is 0 Å². The molecule has 2 aliphatic heterocycles. The molecule has 10 heteroatoms. The zero-order chi connectivity index (χ0) is 26.5. The maximum Gasteiger partial charge on any atom is 0.258 e. The van der Waals surface area contributed by atoms with Crippen LogP contribution >= 0.6 is 0 Å². The molecule has 2 saturated carbocycles. The Morgan fingerprint density at radius 1 is 1.05 bits per heavy atom. The van der Waals surface area contributed by atoms with Crippen LogP contribution in [0.15, 0.2) is 36.4 Å². The van der Waals surface area contributed by atoms with Crippen molar-refractivity contribution in [2.45, 2.75) is 69.9 Å². The van der Waals surface area contributed by atoms with Crippen molar-refractivity contribution in [2.75, 3.05) is 45.6 Å². The molecule has 1 amide bonds. The number of aliphatic hydroxyl groups is 1. The van der Waals surface area contributed by atoms with Gasteiger partial charge in [-0.3, -0.25) is 9.10 Å². The summed E-state index contributed by atoms with van der Waals surface area (Å²) >= 11 is 0. The summed E-state index contributed by atoms with van der Waals surface area (Å²) in [5.74, 6) is 0.917. The highest BCUT2D eigenvalue weighted by Crippen LogP contribution is 2.54. The van der Waals surface area contributed by atoms with Crippen LogP contribution in [0.4, 0.5) is 23.0 Å². The molecule has 0 unspecified atom stereocenters. The first-order valence-corrected chi connectivity index (χ1v) is 14.9. The first-order valence-electron chi connectivity index (χ1n) is 13.8. The number of benzene rings is 1. The minimum Gasteiger partial charge on any atom is -0.391 e. The van der Waals surface area contributed by atoms with Crippen LogP contribution in [0.25, 0.3) is 0 Å². The van der Waals surface area contributed by atoms with Gasteiger partial charge >= 0.3 is 0 Å². The fourth-order valence-electron chi connectivity index (χ4n) is 6.02. The molecule has 204 valence electrons. The van der Waals surface area contributed by atoms with E-state index in [1.165, 1.54) is 17.1 Å². The maximum absolute atomic E-state index is 13.6. The highest BCUT2D eigenvalue weighted by Gasteiger charge is 2.46. The van der Waals surface area contributed by atoms with Crippen molar-refractivity contribution >= 4 is 39.8 Å². The van der Waals surface area contributed by atoms with E-state index >= 15 is 0 Å². The summed E-state index contributed by atoms with van der Waals surface area (Å²) < 4.78 is 26.0. The number of β-amino-alcohol motifs (C(OH)–C–C–N with tert-alkyl or cyclic N) is 1. The van der Waals surface area contributed by atoms with Gasteiger partial charge in [0.25, 0.3) is 5.91 Å². The number of carbonyl (C=O) groups excluding carboxylic acids is 1. The molecule has 6 rings (SSSR count). The number of amides is 1. The lowest BCUT2D eigenvalue weighted by molar-refractivity contribution is 0.102. The highest BCUT2D eigenvalue weighted by atomic mass is 32.2. The number of pyridine rings is 1. The summed E-state index contributed by atoms with van der Waals surface area (Å²) in [6.07, 6.45) is 7.75. The standard InChI is InChI=1S/C28H37N5O4S/c1-27(9-10-27)33(38(36)37)20-7-8-22(23(18-20)31-16-13-28(11-12-28)14-17-31)26(35)30-24-5-2-6-25(29-24)32-15-3-4-21(34)19-32/h2,5-8,18,21,34,38H,3-4,9-17,19H2,1H3,(H,29,30,35)/t21-/m1/s1. The second kappa shape index (κ2) is 9.72. The van der Waals surface area contributed by atoms with Gasteiger partial charge in [-0.25, -0.2) is 13.4 Å². The minimum atomic E-state index is -2.80. The summed E-state index contributed by atoms with van der Waals surface area (Å²) in [4.78, 5) is 22.6. The summed E-state index contributed by atoms with van der Waals surface area (Å²) in [5, 5.41) is 13.0. The molecule has 1 spiro atoms. The third kappa shape index (κ3) is 5.08. The first-order chi connectivity index (χ1) is 18.3. The number of aliphatic hydroxyl groups excluding tert-OH is 1. The summed E-state index contributed by atoms with van der Waals surface area (Å²) in [6.45, 7) is 5.03. The van der Waals surface area contributed by atoms with Gasteiger partial charge in [0.15, 0.2) is 0 Å². The number of hydrogen-bond donors (Lipinski definition) is 3. The average molecular weight is 540 g/mol. The summed E-state index contributed by atoms with van der Waals surface area (Å²) in [6, 6.07) is 10.9. The van der Waals surface area contributed by atoms with Crippen LogP contribution in [-0.4, -0.2) is 62.2 Å². The lowest BCUT2D eigenvalue weighted by atomic mass is 9.93. The number of thiol groups is 1. The van der Waals surface area contributed by atoms with E-state index in [0.717, 1.165) is 69.7 Å². The molecule has 4 fully saturated rings. The van der Waals surface area contributed by atoms with Gasteiger partial charge in [0.05, 0.1) is 28.6 Å². The van der Waals surface area contributed by atoms with Crippen molar-refractivity contribution in [1.29, 1.82) is 0 Å². The molecule has 0 bridgehead atoms. The van der Waals surface area contributed by atoms with Gasteiger partial charge in [0, 0.05) is 26.2 Å². The molecule has 0 radical (unpaired) electrons. The van der Waals surface area contributed by atoms with Crippen LogP contribution in [0.3, 0.4) is 0 Å². The average Bonchev–Trinajstić information content (AvgIpc) is 3.83. The number of nitrogens with zero attached hydrogens (tertiary/aromatic N) is 4. The molecule has 2 aromatic rings. The summed E-state index contributed by atoms with van der Waals surface area (Å²) in [5.41, 5.74) is 2.00. The van der Waals surface area contributed by atoms with Crippen LogP contribution in [0.5, 0.6) is 0 Å². The fraction of sp³-hybridized carbons (Fsp3) is 0.571. The Kier molecular flexibility index (Phi) is 6.50. The van der Waals surface area contributed by atoms with Crippen LogP contribution in [0.2, 0.25) is 0 Å². The van der Waals surface area contributed by atoms with Crippen molar-refractivity contribution in [2.24, 2.45) is 5.41 Å². The predicted molar refractivity (Wildman–Crippen MR) is 150 cm³/mol. The Morgan fingerprint density at radius 2 is 1.82 bits per heavy atom. The van der Waals surface area contributed by atoms with Crippen molar-refractivity contribution in [3.63, 3.8) is 0 Å². The molecule has 3 heterocycles. The van der Waals surface area contributed by atoms with E-state index in [1.807, 2.05) is 30.0 Å². The Bertz CT molecular complexity index is 1290. The Labute approximate surface area is 225 Å². The van der Waals surface area contributed by atoms with Crippen molar-refractivity contribution in [3.8, 4) is 0 Å². The predicted octanol–water partition coefficient (Wildman–Crippen LogP) is 3.56. The number of hydrogen-bond acceptors (Lipinski definition) is 7. The quantitative estimate of drug-likeness (QED) is 0.462. The molecule has 2 N–H and O–H groups in total. The van der Waals surface area contributed by atoms with Gasteiger partial charge < -0.3 is 20.2 Å². The van der Waals surface area contributed by atoms with Crippen LogP contribution in [0.1, 0.15) is 68.6 Å². The van der Waals surface area contributed by atoms with Gasteiger partial charge in [-0.1, -0.05) is 6.07 Å². The van der Waals surface area contributed by atoms with Crippen LogP contribution in [0, 0.1) is 5.41 Å². The number of nitrogens with one attached hydrogen (secondary N) is 1. The van der Waals surface area contributed by atoms with Gasteiger partial charge in [0.2, 0.25) is 10.9 Å². The summed E-state index contributed by atoms with van der Waals surface area (Å²) in [7, 11) is -2.80. The van der Waals surface area contributed by atoms with E-state index in [9.17, 15) is 18.3 Å². The molecule has 1 atom stereocenters. The molecule has 9 nitrogen and oxygen atoms in total. The smallest absolute Gasteiger partial charge is 0.258 e. The third-order valence-electron chi connectivity index (χ3n) is 8.94. The number of aromatic nitrogens is 1. The van der Waals surface area contributed by atoms with Crippen LogP contribution in [-0.2, 0) is 10.9 Å².